The number of rotatable bonds is 7. The number of imidazole rings is 1. The molecule has 0 bridgehead atoms. The van der Waals surface area contributed by atoms with Gasteiger partial charge in [-0.2, -0.15) is 0 Å². The fourth-order valence-corrected chi connectivity index (χ4v) is 3.34. The molecular weight excluding hydrogens is 334 g/mol. The van der Waals surface area contributed by atoms with Crippen LogP contribution in [0.25, 0.3) is 0 Å². The summed E-state index contributed by atoms with van der Waals surface area (Å²) in [6.45, 7) is 4.28. The zero-order valence-corrected chi connectivity index (χ0v) is 15.1. The topological polar surface area (TPSA) is 70.9 Å². The van der Waals surface area contributed by atoms with Gasteiger partial charge < -0.3 is 14.7 Å². The van der Waals surface area contributed by atoms with Crippen LogP contribution in [0, 0.1) is 6.92 Å². The van der Waals surface area contributed by atoms with E-state index in [0.29, 0.717) is 6.54 Å². The number of H-pyrrole nitrogens is 1. The van der Waals surface area contributed by atoms with Gasteiger partial charge in [-0.15, -0.1) is 0 Å². The monoisotopic (exact) mass is 355 g/mol. The van der Waals surface area contributed by atoms with Crippen LogP contribution in [0.1, 0.15) is 29.6 Å². The molecule has 25 heavy (non-hydrogen) atoms. The highest BCUT2D eigenvalue weighted by molar-refractivity contribution is 8.00. The smallest absolute Gasteiger partial charge is 0.233 e. The van der Waals surface area contributed by atoms with Gasteiger partial charge in [0.1, 0.15) is 5.76 Å². The van der Waals surface area contributed by atoms with Crippen molar-refractivity contribution >= 4 is 17.7 Å². The molecular formula is C19H21N3O2S. The fourth-order valence-electron chi connectivity index (χ4n) is 2.44. The van der Waals surface area contributed by atoms with Crippen LogP contribution in [0.3, 0.4) is 0 Å². The summed E-state index contributed by atoms with van der Waals surface area (Å²) < 4.78 is 5.22. The summed E-state index contributed by atoms with van der Waals surface area (Å²) in [4.78, 5) is 20.1. The maximum Gasteiger partial charge on any atom is 0.233 e. The van der Waals surface area contributed by atoms with Gasteiger partial charge in [0.05, 0.1) is 23.8 Å². The van der Waals surface area contributed by atoms with E-state index in [4.69, 9.17) is 4.42 Å². The first-order chi connectivity index (χ1) is 12.1. The number of aromatic amines is 1. The lowest BCUT2D eigenvalue weighted by molar-refractivity contribution is -0.120. The molecule has 0 aliphatic rings. The van der Waals surface area contributed by atoms with Crippen molar-refractivity contribution in [2.24, 2.45) is 0 Å². The summed E-state index contributed by atoms with van der Waals surface area (Å²) in [5, 5.41) is 3.39. The van der Waals surface area contributed by atoms with E-state index in [9.17, 15) is 4.79 Å². The third-order valence-corrected chi connectivity index (χ3v) is 4.84. The highest BCUT2D eigenvalue weighted by atomic mass is 32.2. The number of hydrogen-bond acceptors (Lipinski definition) is 4. The number of nitrogens with one attached hydrogen (secondary N) is 2. The molecule has 2 aromatic heterocycles. The molecule has 1 atom stereocenters. The van der Waals surface area contributed by atoms with Crippen LogP contribution < -0.4 is 5.32 Å². The number of aryl methyl sites for hydroxylation is 1. The molecule has 2 heterocycles. The Morgan fingerprint density at radius 1 is 1.28 bits per heavy atom. The second-order valence-electron chi connectivity index (χ2n) is 5.83. The fraction of sp³-hybridized carbons (Fsp3) is 0.263. The van der Waals surface area contributed by atoms with Gasteiger partial charge in [0.2, 0.25) is 5.91 Å². The first-order valence-corrected chi connectivity index (χ1v) is 9.06. The van der Waals surface area contributed by atoms with Gasteiger partial charge in [-0.05, 0) is 31.5 Å². The van der Waals surface area contributed by atoms with Gasteiger partial charge in [-0.25, -0.2) is 4.98 Å². The second kappa shape index (κ2) is 8.07. The van der Waals surface area contributed by atoms with Gasteiger partial charge in [-0.1, -0.05) is 42.1 Å². The molecule has 5 nitrogen and oxygen atoms in total. The third-order valence-electron chi connectivity index (χ3n) is 3.85. The summed E-state index contributed by atoms with van der Waals surface area (Å²) in [6, 6.07) is 13.9. The van der Waals surface area contributed by atoms with E-state index >= 15 is 0 Å². The van der Waals surface area contributed by atoms with Crippen LogP contribution in [-0.2, 0) is 17.8 Å². The van der Waals surface area contributed by atoms with Gasteiger partial charge in [0, 0.05) is 12.1 Å². The highest BCUT2D eigenvalue weighted by Crippen LogP contribution is 2.23. The van der Waals surface area contributed by atoms with Crippen molar-refractivity contribution in [1.29, 1.82) is 0 Å². The molecule has 130 valence electrons. The van der Waals surface area contributed by atoms with E-state index in [-0.39, 0.29) is 11.2 Å². The van der Waals surface area contributed by atoms with Crippen LogP contribution >= 0.6 is 11.8 Å². The minimum atomic E-state index is -0.245. The largest absolute Gasteiger partial charge is 0.467 e. The van der Waals surface area contributed by atoms with E-state index in [1.54, 1.807) is 12.3 Å². The van der Waals surface area contributed by atoms with Crippen molar-refractivity contribution in [3.63, 3.8) is 0 Å². The number of amides is 1. The lowest BCUT2D eigenvalue weighted by atomic mass is 10.1. The molecule has 0 fully saturated rings. The Bertz CT molecular complexity index is 813. The Morgan fingerprint density at radius 3 is 2.80 bits per heavy atom. The molecule has 1 aromatic carbocycles. The minimum Gasteiger partial charge on any atom is -0.467 e. The van der Waals surface area contributed by atoms with E-state index < -0.39 is 0 Å². The predicted molar refractivity (Wildman–Crippen MR) is 98.4 cm³/mol. The second-order valence-corrected chi connectivity index (χ2v) is 7.16. The summed E-state index contributed by atoms with van der Waals surface area (Å²) in [5.74, 6) is 0.699. The van der Waals surface area contributed by atoms with E-state index in [2.05, 4.69) is 27.4 Å². The Morgan fingerprint density at radius 2 is 2.08 bits per heavy atom. The predicted octanol–water partition coefficient (Wildman–Crippen LogP) is 3.70. The number of benzene rings is 1. The molecule has 1 amide bonds. The molecule has 2 N–H and O–H groups in total. The first kappa shape index (κ1) is 17.4. The van der Waals surface area contributed by atoms with Crippen molar-refractivity contribution in [2.45, 2.75) is 37.2 Å². The molecule has 3 aromatic rings. The van der Waals surface area contributed by atoms with Crippen molar-refractivity contribution < 1.29 is 9.21 Å². The summed E-state index contributed by atoms with van der Waals surface area (Å²) in [7, 11) is 0. The minimum absolute atomic E-state index is 0.0416. The molecule has 3 rings (SSSR count). The number of hydrogen-bond donors (Lipinski definition) is 2. The normalized spacial score (nSPS) is 12.1. The van der Waals surface area contributed by atoms with Crippen LogP contribution in [0.2, 0.25) is 0 Å². The molecule has 0 radical (unpaired) electrons. The van der Waals surface area contributed by atoms with Crippen LogP contribution in [-0.4, -0.2) is 21.1 Å². The Hall–Kier alpha value is -2.47. The standard InChI is InChI=1S/C19H21N3O2S/c1-13-17(11-15-7-4-3-5-8-15)22-19(21-13)25-14(2)18(23)20-12-16-9-6-10-24-16/h3-10,14H,11-12H2,1-2H3,(H,20,23)(H,21,22)/t14-/m0/s1. The van der Waals surface area contributed by atoms with Crippen LogP contribution in [0.5, 0.6) is 0 Å². The number of aromatic nitrogens is 2. The van der Waals surface area contributed by atoms with Crippen LogP contribution in [0.4, 0.5) is 0 Å². The van der Waals surface area contributed by atoms with Crippen molar-refractivity contribution in [3.8, 4) is 0 Å². The van der Waals surface area contributed by atoms with Gasteiger partial charge in [0.15, 0.2) is 5.16 Å². The zero-order chi connectivity index (χ0) is 17.6. The Kier molecular flexibility index (Phi) is 5.60. The highest BCUT2D eigenvalue weighted by Gasteiger charge is 2.17. The van der Waals surface area contributed by atoms with Crippen molar-refractivity contribution in [2.75, 3.05) is 0 Å². The number of carbonyl (C=O) groups is 1. The van der Waals surface area contributed by atoms with Crippen molar-refractivity contribution in [3.05, 3.63) is 71.4 Å². The zero-order valence-electron chi connectivity index (χ0n) is 14.3. The van der Waals surface area contributed by atoms with Crippen LogP contribution in [0.15, 0.2) is 58.3 Å². The molecule has 0 spiro atoms. The molecule has 0 saturated heterocycles. The maximum atomic E-state index is 12.2. The molecule has 0 saturated carbocycles. The maximum absolute atomic E-state index is 12.2. The average molecular weight is 355 g/mol. The molecule has 0 aliphatic carbocycles. The summed E-state index contributed by atoms with van der Waals surface area (Å²) >= 11 is 1.43. The molecule has 0 aliphatic heterocycles. The SMILES string of the molecule is Cc1[nH]c(S[C@@H](C)C(=O)NCc2ccco2)nc1Cc1ccccc1. The summed E-state index contributed by atoms with van der Waals surface area (Å²) in [6.07, 6.45) is 2.38. The number of furan rings is 1. The van der Waals surface area contributed by atoms with E-state index in [0.717, 1.165) is 28.7 Å². The van der Waals surface area contributed by atoms with Crippen molar-refractivity contribution in [1.82, 2.24) is 15.3 Å². The van der Waals surface area contributed by atoms with E-state index in [1.165, 1.54) is 17.3 Å². The first-order valence-electron chi connectivity index (χ1n) is 8.18. The number of carbonyl (C=O) groups excluding carboxylic acids is 1. The quantitative estimate of drug-likeness (QED) is 0.634. The van der Waals surface area contributed by atoms with Gasteiger partial charge >= 0.3 is 0 Å². The lowest BCUT2D eigenvalue weighted by Crippen LogP contribution is -2.30. The van der Waals surface area contributed by atoms with E-state index in [1.807, 2.05) is 38.1 Å². The average Bonchev–Trinajstić information content (AvgIpc) is 3.24. The number of thioether (sulfide) groups is 1. The lowest BCUT2D eigenvalue weighted by Gasteiger charge is -2.09. The summed E-state index contributed by atoms with van der Waals surface area (Å²) in [5.41, 5.74) is 3.27. The number of nitrogens with zero attached hydrogens (tertiary/aromatic N) is 1. The Labute approximate surface area is 151 Å². The van der Waals surface area contributed by atoms with Gasteiger partial charge in [0.25, 0.3) is 0 Å². The molecule has 0 unspecified atom stereocenters. The third kappa shape index (κ3) is 4.76. The Balaban J connectivity index is 1.57. The molecule has 6 heteroatoms. The van der Waals surface area contributed by atoms with Gasteiger partial charge in [-0.3, -0.25) is 4.79 Å².